The summed E-state index contributed by atoms with van der Waals surface area (Å²) in [5, 5.41) is 18.8. The number of nitrogens with zero attached hydrogens (tertiary/aromatic N) is 2. The van der Waals surface area contributed by atoms with Crippen molar-refractivity contribution >= 4 is 22.6 Å². The summed E-state index contributed by atoms with van der Waals surface area (Å²) >= 11 is 1.75. The second kappa shape index (κ2) is 5.88. The lowest BCUT2D eigenvalue weighted by Gasteiger charge is -2.15. The smallest absolute Gasteiger partial charge is 0.330 e. The number of aliphatic hydroxyl groups is 1. The van der Waals surface area contributed by atoms with E-state index < -0.39 is 41.4 Å². The fourth-order valence-corrected chi connectivity index (χ4v) is 2.28. The second-order valence-corrected chi connectivity index (χ2v) is 5.26. The van der Waals surface area contributed by atoms with E-state index in [1.807, 2.05) is 0 Å². The van der Waals surface area contributed by atoms with Crippen LogP contribution in [-0.4, -0.2) is 38.6 Å². The number of nitrogens with one attached hydrogen (secondary N) is 1. The Balaban J connectivity index is 2.16. The maximum Gasteiger partial charge on any atom is 0.330 e. The molecule has 2 heterocycles. The van der Waals surface area contributed by atoms with E-state index in [4.69, 9.17) is 4.74 Å². The van der Waals surface area contributed by atoms with E-state index >= 15 is 0 Å². The van der Waals surface area contributed by atoms with Crippen molar-refractivity contribution < 1.29 is 19.8 Å². The van der Waals surface area contributed by atoms with E-state index in [0.29, 0.717) is 0 Å². The molecule has 2 N–H and O–H groups in total. The zero-order chi connectivity index (χ0) is 14.9. The van der Waals surface area contributed by atoms with Gasteiger partial charge in [0, 0.05) is 12.6 Å². The summed E-state index contributed by atoms with van der Waals surface area (Å²) in [7, 11) is 0. The Morgan fingerprint density at radius 1 is 1.65 bits per heavy atom. The molecule has 0 amide bonds. The molecule has 0 spiro atoms. The van der Waals surface area contributed by atoms with E-state index in [9.17, 15) is 24.8 Å². The maximum atomic E-state index is 11.7. The van der Waals surface area contributed by atoms with Gasteiger partial charge in [0.1, 0.15) is 18.9 Å². The van der Waals surface area contributed by atoms with Crippen LogP contribution in [0, 0.1) is 13.7 Å². The van der Waals surface area contributed by atoms with Gasteiger partial charge in [-0.05, 0) is 22.6 Å². The molecule has 0 aromatic carbocycles. The molecule has 11 heteroatoms. The average Bonchev–Trinajstić information content (AvgIpc) is 2.72. The van der Waals surface area contributed by atoms with Crippen molar-refractivity contribution in [3.63, 3.8) is 0 Å². The fraction of sp³-hybridized carbons (Fsp3) is 0.556. The quantitative estimate of drug-likeness (QED) is 0.376. The first-order valence-corrected chi connectivity index (χ1v) is 6.58. The van der Waals surface area contributed by atoms with Gasteiger partial charge in [-0.2, -0.15) is 0 Å². The van der Waals surface area contributed by atoms with Crippen LogP contribution in [0.2, 0.25) is 0 Å². The molecule has 3 atom stereocenters. The standard InChI is InChI=1S/C9H10IN3O7/c10-4-2-12(9(16)11-8(4)15)7-1-5(14)6(20-7)3-19-13(17)18/h2,5-7,14H,1,3H2,(H,11,15,16). The first-order valence-electron chi connectivity index (χ1n) is 5.50. The largest absolute Gasteiger partial charge is 0.390 e. The third-order valence-electron chi connectivity index (χ3n) is 2.78. The molecular formula is C9H10IN3O7. The summed E-state index contributed by atoms with van der Waals surface area (Å²) in [5.41, 5.74) is -1.19. The van der Waals surface area contributed by atoms with Gasteiger partial charge in [-0.25, -0.2) is 4.79 Å². The monoisotopic (exact) mass is 399 g/mol. The highest BCUT2D eigenvalue weighted by atomic mass is 127. The molecule has 0 radical (unpaired) electrons. The number of aromatic amines is 1. The minimum absolute atomic E-state index is 0.0633. The topological polar surface area (TPSA) is 137 Å². The SMILES string of the molecule is O=c1[nH]c(=O)n(C2CC(O)C(CO[N+](=O)[O-])O2)cc1I. The van der Waals surface area contributed by atoms with Crippen LogP contribution in [-0.2, 0) is 9.57 Å². The minimum atomic E-state index is -1.00. The molecule has 1 saturated heterocycles. The van der Waals surface area contributed by atoms with Gasteiger partial charge in [-0.3, -0.25) is 14.3 Å². The highest BCUT2D eigenvalue weighted by molar-refractivity contribution is 14.1. The van der Waals surface area contributed by atoms with Gasteiger partial charge in [0.2, 0.25) is 0 Å². The van der Waals surface area contributed by atoms with Gasteiger partial charge in [-0.15, -0.1) is 10.1 Å². The van der Waals surface area contributed by atoms with Crippen LogP contribution in [0.25, 0.3) is 0 Å². The molecule has 3 unspecified atom stereocenters. The number of aromatic nitrogens is 2. The summed E-state index contributed by atoms with van der Waals surface area (Å²) < 4.78 is 6.75. The molecule has 10 nitrogen and oxygen atoms in total. The Hall–Kier alpha value is -1.47. The molecule has 1 aliphatic rings. The molecule has 1 fully saturated rings. The van der Waals surface area contributed by atoms with Crippen LogP contribution in [0.15, 0.2) is 15.8 Å². The van der Waals surface area contributed by atoms with Crippen LogP contribution in [0.3, 0.4) is 0 Å². The van der Waals surface area contributed by atoms with Gasteiger partial charge in [-0.1, -0.05) is 0 Å². The summed E-state index contributed by atoms with van der Waals surface area (Å²) in [4.78, 5) is 39.3. The third-order valence-corrected chi connectivity index (χ3v) is 3.55. The van der Waals surface area contributed by atoms with Crippen molar-refractivity contribution in [1.29, 1.82) is 0 Å². The van der Waals surface area contributed by atoms with Crippen molar-refractivity contribution in [3.8, 4) is 0 Å². The average molecular weight is 399 g/mol. The van der Waals surface area contributed by atoms with Gasteiger partial charge in [0.15, 0.2) is 0 Å². The normalized spacial score (nSPS) is 25.6. The lowest BCUT2D eigenvalue weighted by Crippen LogP contribution is -2.33. The zero-order valence-electron chi connectivity index (χ0n) is 9.89. The van der Waals surface area contributed by atoms with Crippen LogP contribution in [0.1, 0.15) is 12.6 Å². The van der Waals surface area contributed by atoms with E-state index in [1.54, 1.807) is 22.6 Å². The predicted molar refractivity (Wildman–Crippen MR) is 71.5 cm³/mol. The van der Waals surface area contributed by atoms with E-state index in [-0.39, 0.29) is 9.99 Å². The van der Waals surface area contributed by atoms with Crippen molar-refractivity contribution in [3.05, 3.63) is 40.7 Å². The molecular weight excluding hydrogens is 389 g/mol. The number of ether oxygens (including phenoxy) is 1. The Morgan fingerprint density at radius 3 is 3.00 bits per heavy atom. The van der Waals surface area contributed by atoms with E-state index in [1.165, 1.54) is 6.20 Å². The predicted octanol–water partition coefficient (Wildman–Crippen LogP) is -1.00. The third kappa shape index (κ3) is 3.16. The van der Waals surface area contributed by atoms with Crippen LogP contribution in [0.5, 0.6) is 0 Å². The van der Waals surface area contributed by atoms with E-state index in [0.717, 1.165) is 4.57 Å². The van der Waals surface area contributed by atoms with Crippen LogP contribution < -0.4 is 11.2 Å². The highest BCUT2D eigenvalue weighted by Gasteiger charge is 2.36. The number of rotatable bonds is 4. The van der Waals surface area contributed by atoms with Gasteiger partial charge in [0.25, 0.3) is 10.6 Å². The molecule has 1 aliphatic heterocycles. The first kappa shape index (κ1) is 14.9. The Kier molecular flexibility index (Phi) is 4.39. The number of halogens is 1. The molecule has 1 aromatic rings. The number of H-pyrrole nitrogens is 1. The van der Waals surface area contributed by atoms with Crippen molar-refractivity contribution in [2.75, 3.05) is 6.61 Å². The molecule has 0 bridgehead atoms. The first-order chi connectivity index (χ1) is 9.38. The second-order valence-electron chi connectivity index (χ2n) is 4.10. The van der Waals surface area contributed by atoms with Crippen LogP contribution in [0.4, 0.5) is 0 Å². The van der Waals surface area contributed by atoms with Gasteiger partial charge in [0.05, 0.1) is 9.67 Å². The lowest BCUT2D eigenvalue weighted by molar-refractivity contribution is -0.759. The Labute approximate surface area is 124 Å². The zero-order valence-corrected chi connectivity index (χ0v) is 12.1. The molecule has 20 heavy (non-hydrogen) atoms. The fourth-order valence-electron chi connectivity index (χ4n) is 1.84. The molecule has 2 rings (SSSR count). The van der Waals surface area contributed by atoms with Gasteiger partial charge < -0.3 is 14.7 Å². The lowest BCUT2D eigenvalue weighted by atomic mass is 10.2. The molecule has 1 aromatic heterocycles. The highest BCUT2D eigenvalue weighted by Crippen LogP contribution is 2.27. The summed E-state index contributed by atoms with van der Waals surface area (Å²) in [5.74, 6) is 0. The van der Waals surface area contributed by atoms with E-state index in [2.05, 4.69) is 9.82 Å². The van der Waals surface area contributed by atoms with Crippen LogP contribution >= 0.6 is 22.6 Å². The van der Waals surface area contributed by atoms with Gasteiger partial charge >= 0.3 is 5.69 Å². The maximum absolute atomic E-state index is 11.7. The summed E-state index contributed by atoms with van der Waals surface area (Å²) in [6, 6.07) is 0. The Bertz CT molecular complexity index is 627. The van der Waals surface area contributed by atoms with Crippen molar-refractivity contribution in [1.82, 2.24) is 9.55 Å². The van der Waals surface area contributed by atoms with Crippen molar-refractivity contribution in [2.24, 2.45) is 0 Å². The molecule has 110 valence electrons. The Morgan fingerprint density at radius 2 is 2.35 bits per heavy atom. The summed E-state index contributed by atoms with van der Waals surface area (Å²) in [6.07, 6.45) is -1.37. The number of aliphatic hydroxyl groups excluding tert-OH is 1. The number of hydrogen-bond donors (Lipinski definition) is 2. The minimum Gasteiger partial charge on any atom is -0.390 e. The summed E-state index contributed by atoms with van der Waals surface area (Å²) in [6.45, 7) is -0.431. The molecule has 0 saturated carbocycles. The molecule has 0 aliphatic carbocycles. The number of hydrogen-bond acceptors (Lipinski definition) is 7. The van der Waals surface area contributed by atoms with Crippen molar-refractivity contribution in [2.45, 2.75) is 24.9 Å².